The van der Waals surface area contributed by atoms with E-state index in [1.54, 1.807) is 11.3 Å². The maximum atomic E-state index is 11.8. The summed E-state index contributed by atoms with van der Waals surface area (Å²) in [4.78, 5) is 11.8. The van der Waals surface area contributed by atoms with Crippen LogP contribution in [0.5, 0.6) is 0 Å². The van der Waals surface area contributed by atoms with E-state index in [0.717, 1.165) is 21.3 Å². The van der Waals surface area contributed by atoms with E-state index >= 15 is 0 Å². The highest BCUT2D eigenvalue weighted by Crippen LogP contribution is 2.33. The minimum atomic E-state index is -0.504. The van der Waals surface area contributed by atoms with Crippen molar-refractivity contribution in [3.8, 4) is 11.1 Å². The molecule has 0 aliphatic rings. The van der Waals surface area contributed by atoms with Crippen LogP contribution in [0.3, 0.4) is 0 Å². The third-order valence-corrected chi connectivity index (χ3v) is 3.67. The van der Waals surface area contributed by atoms with Crippen molar-refractivity contribution in [2.45, 2.75) is 26.4 Å². The Kier molecular flexibility index (Phi) is 4.50. The van der Waals surface area contributed by atoms with Crippen LogP contribution < -0.4 is 5.32 Å². The van der Waals surface area contributed by atoms with Gasteiger partial charge in [-0.05, 0) is 38.5 Å². The third kappa shape index (κ3) is 4.08. The standard InChI is InChI=1S/C15H16BrNO2S/c1-15(2,3)19-14(18)17-13-9-20-8-12(13)10-5-4-6-11(16)7-10/h4-9H,1-3H3,(H,17,18). The van der Waals surface area contributed by atoms with Crippen molar-refractivity contribution >= 4 is 39.0 Å². The fraction of sp³-hybridized carbons (Fsp3) is 0.267. The van der Waals surface area contributed by atoms with Gasteiger partial charge in [0, 0.05) is 20.8 Å². The normalized spacial score (nSPS) is 11.2. The zero-order valence-corrected chi connectivity index (χ0v) is 14.0. The number of hydrogen-bond acceptors (Lipinski definition) is 3. The molecule has 0 spiro atoms. The number of anilines is 1. The molecule has 2 aromatic rings. The summed E-state index contributed by atoms with van der Waals surface area (Å²) in [6, 6.07) is 7.96. The van der Waals surface area contributed by atoms with Crippen molar-refractivity contribution in [2.75, 3.05) is 5.32 Å². The molecular weight excluding hydrogens is 338 g/mol. The van der Waals surface area contributed by atoms with Crippen molar-refractivity contribution in [3.63, 3.8) is 0 Å². The predicted octanol–water partition coefficient (Wildman–Crippen LogP) is 5.52. The van der Waals surface area contributed by atoms with Crippen molar-refractivity contribution in [2.24, 2.45) is 0 Å². The number of thiophene rings is 1. The highest BCUT2D eigenvalue weighted by atomic mass is 79.9. The van der Waals surface area contributed by atoms with Gasteiger partial charge >= 0.3 is 6.09 Å². The van der Waals surface area contributed by atoms with E-state index in [2.05, 4.69) is 21.2 Å². The monoisotopic (exact) mass is 353 g/mol. The van der Waals surface area contributed by atoms with Crippen molar-refractivity contribution in [1.29, 1.82) is 0 Å². The molecule has 106 valence electrons. The van der Waals surface area contributed by atoms with E-state index < -0.39 is 11.7 Å². The SMILES string of the molecule is CC(C)(C)OC(=O)Nc1cscc1-c1cccc(Br)c1. The Bertz CT molecular complexity index is 616. The topological polar surface area (TPSA) is 38.3 Å². The van der Waals surface area contributed by atoms with Gasteiger partial charge < -0.3 is 4.74 Å². The van der Waals surface area contributed by atoms with Crippen LogP contribution in [-0.4, -0.2) is 11.7 Å². The molecule has 1 amide bonds. The van der Waals surface area contributed by atoms with E-state index in [9.17, 15) is 4.79 Å². The van der Waals surface area contributed by atoms with Crippen LogP contribution in [0.25, 0.3) is 11.1 Å². The molecule has 0 fully saturated rings. The number of benzene rings is 1. The van der Waals surface area contributed by atoms with E-state index in [1.807, 2.05) is 55.8 Å². The summed E-state index contributed by atoms with van der Waals surface area (Å²) in [5.74, 6) is 0. The summed E-state index contributed by atoms with van der Waals surface area (Å²) in [5.41, 5.74) is 2.30. The second kappa shape index (κ2) is 5.97. The van der Waals surface area contributed by atoms with Gasteiger partial charge in [-0.3, -0.25) is 5.32 Å². The number of rotatable bonds is 2. The average molecular weight is 354 g/mol. The number of carbonyl (C=O) groups excluding carboxylic acids is 1. The molecule has 1 aromatic carbocycles. The number of nitrogens with one attached hydrogen (secondary N) is 1. The van der Waals surface area contributed by atoms with Gasteiger partial charge in [0.15, 0.2) is 0 Å². The molecule has 3 nitrogen and oxygen atoms in total. The second-order valence-electron chi connectivity index (χ2n) is 5.34. The Morgan fingerprint density at radius 2 is 2.05 bits per heavy atom. The molecule has 0 aliphatic heterocycles. The van der Waals surface area contributed by atoms with Crippen LogP contribution in [0.4, 0.5) is 10.5 Å². The fourth-order valence-corrected chi connectivity index (χ4v) is 2.88. The van der Waals surface area contributed by atoms with E-state index in [1.165, 1.54) is 0 Å². The molecule has 0 unspecified atom stereocenters. The highest BCUT2D eigenvalue weighted by Gasteiger charge is 2.17. The van der Waals surface area contributed by atoms with Gasteiger partial charge in [-0.2, -0.15) is 0 Å². The molecule has 0 saturated carbocycles. The molecule has 0 saturated heterocycles. The molecule has 0 bridgehead atoms. The second-order valence-corrected chi connectivity index (χ2v) is 7.00. The average Bonchev–Trinajstić information content (AvgIpc) is 2.74. The molecule has 1 heterocycles. The molecule has 0 atom stereocenters. The maximum Gasteiger partial charge on any atom is 0.412 e. The molecular formula is C15H16BrNO2S. The number of halogens is 1. The molecule has 2 rings (SSSR count). The minimum absolute atomic E-state index is 0.438. The Morgan fingerprint density at radius 3 is 2.70 bits per heavy atom. The molecule has 20 heavy (non-hydrogen) atoms. The first-order chi connectivity index (χ1) is 9.35. The summed E-state index contributed by atoms with van der Waals surface area (Å²) in [7, 11) is 0. The van der Waals surface area contributed by atoms with E-state index in [4.69, 9.17) is 4.74 Å². The first-order valence-electron chi connectivity index (χ1n) is 6.17. The molecule has 0 radical (unpaired) electrons. The summed E-state index contributed by atoms with van der Waals surface area (Å²) in [6.07, 6.45) is -0.438. The number of hydrogen-bond donors (Lipinski definition) is 1. The first-order valence-corrected chi connectivity index (χ1v) is 7.91. The molecule has 0 aliphatic carbocycles. The smallest absolute Gasteiger partial charge is 0.412 e. The lowest BCUT2D eigenvalue weighted by molar-refractivity contribution is 0.0636. The van der Waals surface area contributed by atoms with Crippen LogP contribution in [-0.2, 0) is 4.74 Å². The van der Waals surface area contributed by atoms with Crippen LogP contribution >= 0.6 is 27.3 Å². The van der Waals surface area contributed by atoms with Gasteiger partial charge in [-0.1, -0.05) is 28.1 Å². The summed E-state index contributed by atoms with van der Waals surface area (Å²) in [6.45, 7) is 5.53. The van der Waals surface area contributed by atoms with Crippen molar-refractivity contribution in [1.82, 2.24) is 0 Å². The quantitative estimate of drug-likeness (QED) is 0.771. The van der Waals surface area contributed by atoms with Crippen molar-refractivity contribution in [3.05, 3.63) is 39.5 Å². The lowest BCUT2D eigenvalue weighted by Crippen LogP contribution is -2.27. The van der Waals surface area contributed by atoms with Crippen LogP contribution in [0.15, 0.2) is 39.5 Å². The number of amides is 1. The van der Waals surface area contributed by atoms with Gasteiger partial charge in [-0.25, -0.2) is 4.79 Å². The lowest BCUT2D eigenvalue weighted by Gasteiger charge is -2.19. The van der Waals surface area contributed by atoms with Crippen LogP contribution in [0.2, 0.25) is 0 Å². The van der Waals surface area contributed by atoms with Gasteiger partial charge in [-0.15, -0.1) is 11.3 Å². The van der Waals surface area contributed by atoms with Crippen LogP contribution in [0, 0.1) is 0 Å². The van der Waals surface area contributed by atoms with Crippen LogP contribution in [0.1, 0.15) is 20.8 Å². The fourth-order valence-electron chi connectivity index (χ4n) is 1.69. The highest BCUT2D eigenvalue weighted by molar-refractivity contribution is 9.10. The van der Waals surface area contributed by atoms with Gasteiger partial charge in [0.2, 0.25) is 0 Å². The maximum absolute atomic E-state index is 11.8. The summed E-state index contributed by atoms with van der Waals surface area (Å²) < 4.78 is 6.28. The Labute approximate surface area is 131 Å². The lowest BCUT2D eigenvalue weighted by atomic mass is 10.1. The molecule has 1 N–H and O–H groups in total. The summed E-state index contributed by atoms with van der Waals surface area (Å²) >= 11 is 5.00. The first kappa shape index (κ1) is 15.1. The number of carbonyl (C=O) groups is 1. The number of ether oxygens (including phenoxy) is 1. The minimum Gasteiger partial charge on any atom is -0.444 e. The Morgan fingerprint density at radius 1 is 1.30 bits per heavy atom. The Balaban J connectivity index is 2.19. The molecule has 1 aromatic heterocycles. The summed E-state index contributed by atoms with van der Waals surface area (Å²) in [5, 5.41) is 6.71. The zero-order valence-electron chi connectivity index (χ0n) is 11.6. The van der Waals surface area contributed by atoms with Gasteiger partial charge in [0.25, 0.3) is 0 Å². The van der Waals surface area contributed by atoms with E-state index in [0.29, 0.717) is 0 Å². The van der Waals surface area contributed by atoms with E-state index in [-0.39, 0.29) is 0 Å². The third-order valence-electron chi connectivity index (χ3n) is 2.43. The van der Waals surface area contributed by atoms with Crippen molar-refractivity contribution < 1.29 is 9.53 Å². The van der Waals surface area contributed by atoms with Gasteiger partial charge in [0.05, 0.1) is 5.69 Å². The Hall–Kier alpha value is -1.33. The zero-order chi connectivity index (χ0) is 14.8. The molecule has 5 heteroatoms. The largest absolute Gasteiger partial charge is 0.444 e. The predicted molar refractivity (Wildman–Crippen MR) is 87.3 cm³/mol. The van der Waals surface area contributed by atoms with Gasteiger partial charge in [0.1, 0.15) is 5.60 Å².